The lowest BCUT2D eigenvalue weighted by molar-refractivity contribution is -0.0916. The van der Waals surface area contributed by atoms with E-state index in [4.69, 9.17) is 15.2 Å². The fraction of sp³-hybridized carbons (Fsp3) is 1.00. The van der Waals surface area contributed by atoms with E-state index in [1.54, 1.807) is 0 Å². The maximum absolute atomic E-state index is 6.31. The molecular formula is C16H31NO2. The van der Waals surface area contributed by atoms with Gasteiger partial charge in [-0.3, -0.25) is 0 Å². The first-order valence-corrected chi connectivity index (χ1v) is 8.16. The Labute approximate surface area is 118 Å². The molecule has 19 heavy (non-hydrogen) atoms. The van der Waals surface area contributed by atoms with Crippen LogP contribution in [0.3, 0.4) is 0 Å². The predicted molar refractivity (Wildman–Crippen MR) is 78.2 cm³/mol. The molecule has 1 unspecified atom stereocenters. The van der Waals surface area contributed by atoms with E-state index in [1.807, 2.05) is 0 Å². The van der Waals surface area contributed by atoms with E-state index in [0.29, 0.717) is 12.7 Å². The number of rotatable bonds is 6. The maximum Gasteiger partial charge on any atom is 0.0817 e. The first-order valence-electron chi connectivity index (χ1n) is 8.16. The van der Waals surface area contributed by atoms with E-state index >= 15 is 0 Å². The maximum atomic E-state index is 6.31. The van der Waals surface area contributed by atoms with Crippen LogP contribution in [0.5, 0.6) is 0 Å². The molecule has 2 fully saturated rings. The van der Waals surface area contributed by atoms with E-state index in [1.165, 1.54) is 38.5 Å². The minimum absolute atomic E-state index is 0.152. The first-order chi connectivity index (χ1) is 9.11. The topological polar surface area (TPSA) is 44.5 Å². The molecule has 112 valence electrons. The Morgan fingerprint density at radius 3 is 2.47 bits per heavy atom. The second kappa shape index (κ2) is 6.55. The Morgan fingerprint density at radius 2 is 1.84 bits per heavy atom. The van der Waals surface area contributed by atoms with E-state index in [2.05, 4.69) is 13.8 Å². The standard InChI is InChI=1S/C16H31NO2/c1-3-15(17,4-2)13-18-12-14-8-11-16(19-14)9-6-5-7-10-16/h14H,3-13,17H2,1-2H3. The molecular weight excluding hydrogens is 238 g/mol. The number of ether oxygens (including phenoxy) is 2. The Kier molecular flexibility index (Phi) is 5.27. The average Bonchev–Trinajstić information content (AvgIpc) is 2.82. The molecule has 0 bridgehead atoms. The van der Waals surface area contributed by atoms with E-state index in [9.17, 15) is 0 Å². The van der Waals surface area contributed by atoms with Crippen LogP contribution in [0.25, 0.3) is 0 Å². The zero-order valence-electron chi connectivity index (χ0n) is 12.7. The highest BCUT2D eigenvalue weighted by atomic mass is 16.6. The van der Waals surface area contributed by atoms with Crippen molar-refractivity contribution in [2.45, 2.75) is 88.9 Å². The van der Waals surface area contributed by atoms with Gasteiger partial charge in [-0.15, -0.1) is 0 Å². The molecule has 1 saturated heterocycles. The van der Waals surface area contributed by atoms with Crippen LogP contribution in [0.4, 0.5) is 0 Å². The molecule has 1 aliphatic heterocycles. The van der Waals surface area contributed by atoms with Crippen LogP contribution in [0.1, 0.15) is 71.6 Å². The fourth-order valence-corrected chi connectivity index (χ4v) is 3.42. The zero-order valence-corrected chi connectivity index (χ0v) is 12.7. The SMILES string of the molecule is CCC(N)(CC)COCC1CCC2(CCCCC2)O1. The lowest BCUT2D eigenvalue weighted by Crippen LogP contribution is -2.44. The summed E-state index contributed by atoms with van der Waals surface area (Å²) in [5.74, 6) is 0. The van der Waals surface area contributed by atoms with Crippen molar-refractivity contribution in [2.24, 2.45) is 5.73 Å². The van der Waals surface area contributed by atoms with E-state index in [0.717, 1.165) is 25.9 Å². The van der Waals surface area contributed by atoms with Crippen molar-refractivity contribution < 1.29 is 9.47 Å². The Balaban J connectivity index is 1.70. The molecule has 2 aliphatic rings. The Morgan fingerprint density at radius 1 is 1.16 bits per heavy atom. The molecule has 0 aromatic heterocycles. The molecule has 2 N–H and O–H groups in total. The van der Waals surface area contributed by atoms with Gasteiger partial charge in [0.15, 0.2) is 0 Å². The molecule has 1 heterocycles. The molecule has 1 atom stereocenters. The lowest BCUT2D eigenvalue weighted by atomic mass is 9.83. The average molecular weight is 269 g/mol. The Bertz CT molecular complexity index is 270. The van der Waals surface area contributed by atoms with Crippen molar-refractivity contribution in [3.05, 3.63) is 0 Å². The third-order valence-electron chi connectivity index (χ3n) is 5.20. The zero-order chi connectivity index (χ0) is 13.8. The predicted octanol–water partition coefficient (Wildman–Crippen LogP) is 3.40. The van der Waals surface area contributed by atoms with Crippen LogP contribution in [0.2, 0.25) is 0 Å². The second-order valence-corrected chi connectivity index (χ2v) is 6.61. The van der Waals surface area contributed by atoms with Crippen LogP contribution >= 0.6 is 0 Å². The quantitative estimate of drug-likeness (QED) is 0.803. The molecule has 1 aliphatic carbocycles. The number of hydrogen-bond donors (Lipinski definition) is 1. The molecule has 3 nitrogen and oxygen atoms in total. The van der Waals surface area contributed by atoms with Gasteiger partial charge in [0.05, 0.1) is 24.9 Å². The van der Waals surface area contributed by atoms with Gasteiger partial charge in [-0.25, -0.2) is 0 Å². The molecule has 3 heteroatoms. The Hall–Kier alpha value is -0.120. The fourth-order valence-electron chi connectivity index (χ4n) is 3.42. The van der Waals surface area contributed by atoms with Gasteiger partial charge in [0.1, 0.15) is 0 Å². The summed E-state index contributed by atoms with van der Waals surface area (Å²) >= 11 is 0. The lowest BCUT2D eigenvalue weighted by Gasteiger charge is -2.33. The molecule has 0 radical (unpaired) electrons. The van der Waals surface area contributed by atoms with Crippen LogP contribution in [0.15, 0.2) is 0 Å². The molecule has 2 rings (SSSR count). The van der Waals surface area contributed by atoms with Gasteiger partial charge < -0.3 is 15.2 Å². The molecule has 0 aromatic carbocycles. The summed E-state index contributed by atoms with van der Waals surface area (Å²) < 4.78 is 12.2. The summed E-state index contributed by atoms with van der Waals surface area (Å²) in [6, 6.07) is 0. The summed E-state index contributed by atoms with van der Waals surface area (Å²) in [6.07, 6.45) is 11.2. The smallest absolute Gasteiger partial charge is 0.0817 e. The highest BCUT2D eigenvalue weighted by Gasteiger charge is 2.40. The van der Waals surface area contributed by atoms with Crippen molar-refractivity contribution in [2.75, 3.05) is 13.2 Å². The van der Waals surface area contributed by atoms with Crippen molar-refractivity contribution in [1.82, 2.24) is 0 Å². The third-order valence-corrected chi connectivity index (χ3v) is 5.20. The van der Waals surface area contributed by atoms with Crippen LogP contribution in [-0.2, 0) is 9.47 Å². The summed E-state index contributed by atoms with van der Waals surface area (Å²) in [5, 5.41) is 0. The summed E-state index contributed by atoms with van der Waals surface area (Å²) in [4.78, 5) is 0. The van der Waals surface area contributed by atoms with Crippen molar-refractivity contribution in [3.8, 4) is 0 Å². The monoisotopic (exact) mass is 269 g/mol. The van der Waals surface area contributed by atoms with Crippen molar-refractivity contribution >= 4 is 0 Å². The third kappa shape index (κ3) is 3.93. The molecule has 1 spiro atoms. The van der Waals surface area contributed by atoms with Gasteiger partial charge in [-0.05, 0) is 38.5 Å². The highest BCUT2D eigenvalue weighted by Crippen LogP contribution is 2.41. The molecule has 0 aromatic rings. The number of hydrogen-bond acceptors (Lipinski definition) is 3. The normalized spacial score (nSPS) is 27.0. The van der Waals surface area contributed by atoms with Crippen LogP contribution in [-0.4, -0.2) is 30.5 Å². The summed E-state index contributed by atoms with van der Waals surface area (Å²) in [6.45, 7) is 5.65. The van der Waals surface area contributed by atoms with Gasteiger partial charge in [-0.2, -0.15) is 0 Å². The van der Waals surface area contributed by atoms with Crippen molar-refractivity contribution in [3.63, 3.8) is 0 Å². The van der Waals surface area contributed by atoms with Crippen LogP contribution in [0, 0.1) is 0 Å². The molecule has 0 amide bonds. The van der Waals surface area contributed by atoms with Crippen molar-refractivity contribution in [1.29, 1.82) is 0 Å². The van der Waals surface area contributed by atoms with Gasteiger partial charge in [-0.1, -0.05) is 33.1 Å². The summed E-state index contributed by atoms with van der Waals surface area (Å²) in [5.41, 5.74) is 6.31. The minimum Gasteiger partial charge on any atom is -0.377 e. The first kappa shape index (κ1) is 15.3. The van der Waals surface area contributed by atoms with Gasteiger partial charge >= 0.3 is 0 Å². The van der Waals surface area contributed by atoms with Crippen LogP contribution < -0.4 is 5.73 Å². The number of nitrogens with two attached hydrogens (primary N) is 1. The van der Waals surface area contributed by atoms with E-state index in [-0.39, 0.29) is 11.1 Å². The summed E-state index contributed by atoms with van der Waals surface area (Å²) in [7, 11) is 0. The highest BCUT2D eigenvalue weighted by molar-refractivity contribution is 4.91. The van der Waals surface area contributed by atoms with Gasteiger partial charge in [0.2, 0.25) is 0 Å². The van der Waals surface area contributed by atoms with Gasteiger partial charge in [0, 0.05) is 5.54 Å². The largest absolute Gasteiger partial charge is 0.377 e. The van der Waals surface area contributed by atoms with Gasteiger partial charge in [0.25, 0.3) is 0 Å². The minimum atomic E-state index is -0.152. The van der Waals surface area contributed by atoms with E-state index < -0.39 is 0 Å². The molecule has 1 saturated carbocycles. The second-order valence-electron chi connectivity index (χ2n) is 6.61.